The van der Waals surface area contributed by atoms with Crippen molar-refractivity contribution in [3.63, 3.8) is 0 Å². The fraction of sp³-hybridized carbons (Fsp3) is 0.357. The molecule has 1 fully saturated rings. The van der Waals surface area contributed by atoms with Crippen LogP contribution in [0.5, 0.6) is 0 Å². The highest BCUT2D eigenvalue weighted by molar-refractivity contribution is 7.17. The van der Waals surface area contributed by atoms with Gasteiger partial charge in [-0.15, -0.1) is 23.7 Å². The number of carbonyl (C=O) groups is 1. The summed E-state index contributed by atoms with van der Waals surface area (Å²) in [4.78, 5) is 11.5. The third kappa shape index (κ3) is 2.48. The molecule has 2 aromatic rings. The number of carboxylic acids is 1. The molecule has 5 heteroatoms. The molecule has 19 heavy (non-hydrogen) atoms. The van der Waals surface area contributed by atoms with Gasteiger partial charge in [-0.05, 0) is 41.8 Å². The van der Waals surface area contributed by atoms with Crippen molar-refractivity contribution in [1.82, 2.24) is 5.32 Å². The minimum Gasteiger partial charge on any atom is -0.480 e. The molecule has 0 aliphatic carbocycles. The largest absolute Gasteiger partial charge is 0.480 e. The van der Waals surface area contributed by atoms with Crippen LogP contribution in [-0.4, -0.2) is 23.2 Å². The van der Waals surface area contributed by atoms with Crippen LogP contribution in [-0.2, 0) is 11.2 Å². The van der Waals surface area contributed by atoms with Gasteiger partial charge < -0.3 is 10.4 Å². The smallest absolute Gasteiger partial charge is 0.324 e. The average molecular weight is 298 g/mol. The Bertz CT molecular complexity index is 590. The zero-order valence-electron chi connectivity index (χ0n) is 10.4. The van der Waals surface area contributed by atoms with E-state index in [4.69, 9.17) is 0 Å². The van der Waals surface area contributed by atoms with Crippen molar-refractivity contribution in [1.29, 1.82) is 0 Å². The number of thiophene rings is 1. The molecule has 0 spiro atoms. The summed E-state index contributed by atoms with van der Waals surface area (Å²) >= 11 is 1.69. The van der Waals surface area contributed by atoms with Gasteiger partial charge >= 0.3 is 5.97 Å². The van der Waals surface area contributed by atoms with Crippen molar-refractivity contribution >= 4 is 39.8 Å². The summed E-state index contributed by atoms with van der Waals surface area (Å²) < 4.78 is 1.23. The van der Waals surface area contributed by atoms with Gasteiger partial charge in [0.15, 0.2) is 0 Å². The fourth-order valence-electron chi connectivity index (χ4n) is 2.71. The van der Waals surface area contributed by atoms with Gasteiger partial charge in [0.05, 0.1) is 0 Å². The first-order valence-electron chi connectivity index (χ1n) is 6.15. The summed E-state index contributed by atoms with van der Waals surface area (Å²) in [5.74, 6) is -0.727. The average Bonchev–Trinajstić information content (AvgIpc) is 2.99. The summed E-state index contributed by atoms with van der Waals surface area (Å²) in [5, 5.41) is 15.9. The molecule has 102 valence electrons. The summed E-state index contributed by atoms with van der Waals surface area (Å²) in [5.41, 5.74) is 0.386. The predicted octanol–water partition coefficient (Wildman–Crippen LogP) is 3.07. The van der Waals surface area contributed by atoms with Crippen LogP contribution in [0.25, 0.3) is 10.1 Å². The molecule has 2 heterocycles. The summed E-state index contributed by atoms with van der Waals surface area (Å²) in [6.07, 6.45) is 2.23. The molecule has 1 aliphatic rings. The van der Waals surface area contributed by atoms with E-state index in [1.54, 1.807) is 11.3 Å². The molecule has 0 unspecified atom stereocenters. The molecule has 0 radical (unpaired) electrons. The van der Waals surface area contributed by atoms with Crippen molar-refractivity contribution in [3.8, 4) is 0 Å². The molecular weight excluding hydrogens is 282 g/mol. The predicted molar refractivity (Wildman–Crippen MR) is 80.4 cm³/mol. The van der Waals surface area contributed by atoms with E-state index in [-0.39, 0.29) is 12.4 Å². The number of benzene rings is 1. The van der Waals surface area contributed by atoms with Crippen molar-refractivity contribution < 1.29 is 9.90 Å². The lowest BCUT2D eigenvalue weighted by Gasteiger charge is -2.24. The molecule has 1 aliphatic heterocycles. The number of rotatable bonds is 3. The molecule has 2 N–H and O–H groups in total. The maximum absolute atomic E-state index is 11.5. The minimum atomic E-state index is -0.760. The highest BCUT2D eigenvalue weighted by atomic mass is 35.5. The third-order valence-corrected chi connectivity index (χ3v) is 4.72. The van der Waals surface area contributed by atoms with Crippen LogP contribution in [0, 0.1) is 0 Å². The second kappa shape index (κ2) is 5.49. The first-order valence-corrected chi connectivity index (χ1v) is 7.03. The van der Waals surface area contributed by atoms with Crippen molar-refractivity contribution in [2.45, 2.75) is 24.8 Å². The molecule has 1 aromatic carbocycles. The molecule has 3 rings (SSSR count). The molecule has 1 atom stereocenters. The van der Waals surface area contributed by atoms with Crippen molar-refractivity contribution in [3.05, 3.63) is 35.2 Å². The van der Waals surface area contributed by atoms with Gasteiger partial charge in [0.2, 0.25) is 0 Å². The maximum Gasteiger partial charge on any atom is 0.324 e. The number of fused-ring (bicyclic) bond motifs is 1. The van der Waals surface area contributed by atoms with E-state index in [1.807, 2.05) is 12.1 Å². The summed E-state index contributed by atoms with van der Waals surface area (Å²) in [7, 11) is 0. The Balaban J connectivity index is 0.00000133. The summed E-state index contributed by atoms with van der Waals surface area (Å²) in [6, 6.07) is 8.18. The summed E-state index contributed by atoms with van der Waals surface area (Å²) in [6.45, 7) is 0.800. The fourth-order valence-corrected chi connectivity index (χ4v) is 3.67. The van der Waals surface area contributed by atoms with E-state index in [0.717, 1.165) is 18.5 Å². The first kappa shape index (κ1) is 14.3. The molecule has 1 aromatic heterocycles. The second-order valence-electron chi connectivity index (χ2n) is 4.85. The van der Waals surface area contributed by atoms with Crippen LogP contribution in [0.1, 0.15) is 18.4 Å². The zero-order chi connectivity index (χ0) is 12.6. The lowest BCUT2D eigenvalue weighted by molar-refractivity contribution is -0.144. The van der Waals surface area contributed by atoms with E-state index in [0.29, 0.717) is 12.8 Å². The molecule has 0 saturated carbocycles. The van der Waals surface area contributed by atoms with Gasteiger partial charge in [-0.25, -0.2) is 0 Å². The topological polar surface area (TPSA) is 49.3 Å². The van der Waals surface area contributed by atoms with E-state index >= 15 is 0 Å². The normalized spacial score (nSPS) is 22.3. The van der Waals surface area contributed by atoms with E-state index < -0.39 is 11.5 Å². The third-order valence-electron chi connectivity index (χ3n) is 3.71. The first-order chi connectivity index (χ1) is 8.71. The van der Waals surface area contributed by atoms with Crippen LogP contribution in [0.15, 0.2) is 29.6 Å². The highest BCUT2D eigenvalue weighted by Crippen LogP contribution is 2.31. The standard InChI is InChI=1S/C14H15NO2S.ClH/c16-13(17)14(6-3-7-15-14)8-10-9-18-12-5-2-1-4-11(10)12;/h1-2,4-5,9,15H,3,6-8H2,(H,16,17);1H/t14-;/m1./s1. The number of carboxylic acid groups (broad SMARTS) is 1. The monoisotopic (exact) mass is 297 g/mol. The SMILES string of the molecule is Cl.O=C(O)[C@]1(Cc2csc3ccccc23)CCCN1. The zero-order valence-corrected chi connectivity index (χ0v) is 12.0. The number of hydrogen-bond donors (Lipinski definition) is 2. The van der Waals surface area contributed by atoms with E-state index in [1.165, 1.54) is 10.1 Å². The minimum absolute atomic E-state index is 0. The van der Waals surface area contributed by atoms with Crippen LogP contribution < -0.4 is 5.32 Å². The van der Waals surface area contributed by atoms with E-state index in [2.05, 4.69) is 22.8 Å². The Kier molecular flexibility index (Phi) is 4.13. The van der Waals surface area contributed by atoms with Crippen LogP contribution in [0.4, 0.5) is 0 Å². The van der Waals surface area contributed by atoms with Crippen molar-refractivity contribution in [2.24, 2.45) is 0 Å². The molecule has 0 bridgehead atoms. The van der Waals surface area contributed by atoms with Crippen LogP contribution in [0.3, 0.4) is 0 Å². The van der Waals surface area contributed by atoms with Crippen LogP contribution >= 0.6 is 23.7 Å². The van der Waals surface area contributed by atoms with Crippen molar-refractivity contribution in [2.75, 3.05) is 6.54 Å². The number of aliphatic carboxylic acids is 1. The number of nitrogens with one attached hydrogen (secondary N) is 1. The Morgan fingerprint density at radius 2 is 2.21 bits per heavy atom. The van der Waals surface area contributed by atoms with Gasteiger partial charge in [-0.1, -0.05) is 18.2 Å². The van der Waals surface area contributed by atoms with Gasteiger partial charge in [-0.3, -0.25) is 4.79 Å². The lowest BCUT2D eigenvalue weighted by atomic mass is 9.89. The molecule has 3 nitrogen and oxygen atoms in total. The Hall–Kier alpha value is -1.10. The second-order valence-corrected chi connectivity index (χ2v) is 5.76. The maximum atomic E-state index is 11.5. The molecule has 0 amide bonds. The van der Waals surface area contributed by atoms with Gasteiger partial charge in [-0.2, -0.15) is 0 Å². The Labute approximate surface area is 122 Å². The highest BCUT2D eigenvalue weighted by Gasteiger charge is 2.41. The van der Waals surface area contributed by atoms with Crippen LogP contribution in [0.2, 0.25) is 0 Å². The van der Waals surface area contributed by atoms with Gasteiger partial charge in [0, 0.05) is 11.1 Å². The molecule has 1 saturated heterocycles. The number of halogens is 1. The molecular formula is C14H16ClNO2S. The van der Waals surface area contributed by atoms with Gasteiger partial charge in [0.25, 0.3) is 0 Å². The Morgan fingerprint density at radius 3 is 2.89 bits per heavy atom. The van der Waals surface area contributed by atoms with Gasteiger partial charge in [0.1, 0.15) is 5.54 Å². The van der Waals surface area contributed by atoms with E-state index in [9.17, 15) is 9.90 Å². The lowest BCUT2D eigenvalue weighted by Crippen LogP contribution is -2.49. The quantitative estimate of drug-likeness (QED) is 0.915. The number of hydrogen-bond acceptors (Lipinski definition) is 3. The Morgan fingerprint density at radius 1 is 1.42 bits per heavy atom.